The molecule has 36 valence electrons. The fraction of sp³-hybridized carbons (Fsp3) is 0.667. The summed E-state index contributed by atoms with van der Waals surface area (Å²) in [6.45, 7) is 0. The van der Waals surface area contributed by atoms with E-state index in [9.17, 15) is 4.79 Å². The van der Waals surface area contributed by atoms with E-state index >= 15 is 0 Å². The molecule has 0 aliphatic heterocycles. The number of carbonyl (C=O) groups is 1. The van der Waals surface area contributed by atoms with Crippen LogP contribution in [0.4, 0.5) is 0 Å². The lowest BCUT2D eigenvalue weighted by molar-refractivity contribution is -0.107. The van der Waals surface area contributed by atoms with Crippen LogP contribution in [0.3, 0.4) is 0 Å². The molecule has 0 aromatic heterocycles. The average molecular weight is 216 g/mol. The Morgan fingerprint density at radius 1 is 1.83 bits per heavy atom. The monoisotopic (exact) mass is 216 g/mol. The van der Waals surface area contributed by atoms with Gasteiger partial charge in [-0.05, 0) is 21.2 Å². The number of hydrogen-bond acceptors (Lipinski definition) is 2. The van der Waals surface area contributed by atoms with Crippen LogP contribution in [0.5, 0.6) is 0 Å². The highest BCUT2D eigenvalue weighted by Crippen LogP contribution is 2.09. The number of hydrogen-bond donors (Lipinski definition) is 0. The average Bonchev–Trinajstić information content (AvgIpc) is 1.61. The van der Waals surface area contributed by atoms with Crippen molar-refractivity contribution in [3.8, 4) is 0 Å². The number of halogens is 1. The summed E-state index contributed by atoms with van der Waals surface area (Å²) >= 11 is 2.17. The molecule has 0 aromatic rings. The molecule has 0 amide bonds. The van der Waals surface area contributed by atoms with Gasteiger partial charge in [-0.15, -0.1) is 0 Å². The first-order valence-electron chi connectivity index (χ1n) is 1.59. The van der Waals surface area contributed by atoms with E-state index < -0.39 is 0 Å². The van der Waals surface area contributed by atoms with Gasteiger partial charge >= 0.3 is 0 Å². The van der Waals surface area contributed by atoms with Crippen LogP contribution in [0.25, 0.3) is 0 Å². The summed E-state index contributed by atoms with van der Waals surface area (Å²) in [7, 11) is 1.66. The summed E-state index contributed by atoms with van der Waals surface area (Å²) in [5, 5.41) is 0. The van der Waals surface area contributed by atoms with Gasteiger partial charge in [-0.2, -0.15) is 0 Å². The molecule has 0 unspecified atom stereocenters. The quantitative estimate of drug-likeness (QED) is 0.405. The summed E-state index contributed by atoms with van der Waals surface area (Å²) in [5.41, 5.74) is 0. The van der Waals surface area contributed by atoms with Gasteiger partial charge < -0.3 is 4.79 Å². The van der Waals surface area contributed by atoms with Gasteiger partial charge in [0.2, 0.25) is 0 Å². The van der Waals surface area contributed by atoms with Gasteiger partial charge in [0.15, 0.2) is 0 Å². The van der Waals surface area contributed by atoms with Gasteiger partial charge in [0.1, 0.15) is 6.29 Å². The molecular weight excluding hydrogens is 211 g/mol. The smallest absolute Gasteiger partial charge is 0.120 e. The van der Waals surface area contributed by atoms with Crippen LogP contribution >= 0.6 is 30.1 Å². The van der Waals surface area contributed by atoms with Crippen molar-refractivity contribution in [2.45, 2.75) is 6.42 Å². The van der Waals surface area contributed by atoms with Gasteiger partial charge in [-0.3, -0.25) is 0 Å². The predicted octanol–water partition coefficient (Wildman–Crippen LogP) is 1.66. The molecular formula is C3H5IOS. The third-order valence-corrected chi connectivity index (χ3v) is 2.02. The van der Waals surface area contributed by atoms with Gasteiger partial charge in [-0.25, -0.2) is 0 Å². The molecule has 0 radical (unpaired) electrons. The van der Waals surface area contributed by atoms with E-state index in [2.05, 4.69) is 21.2 Å². The normalized spacial score (nSPS) is 8.17. The minimum Gasteiger partial charge on any atom is -0.303 e. The molecule has 1 nitrogen and oxygen atoms in total. The highest BCUT2D eigenvalue weighted by molar-refractivity contribution is 14.2. The summed E-state index contributed by atoms with van der Waals surface area (Å²) in [4.78, 5) is 9.55. The van der Waals surface area contributed by atoms with E-state index in [1.807, 2.05) is 0 Å². The predicted molar refractivity (Wildman–Crippen MR) is 37.2 cm³/mol. The van der Waals surface area contributed by atoms with Crippen molar-refractivity contribution >= 4 is 36.4 Å². The molecule has 0 aliphatic rings. The molecule has 0 heterocycles. The van der Waals surface area contributed by atoms with Gasteiger partial charge in [0.05, 0.1) is 0 Å². The fourth-order valence-electron chi connectivity index (χ4n) is 0.0927. The SMILES string of the molecule is O=CCCSI. The fourth-order valence-corrected chi connectivity index (χ4v) is 1.04. The van der Waals surface area contributed by atoms with Crippen molar-refractivity contribution in [2.75, 3.05) is 5.75 Å². The second-order valence-electron chi connectivity index (χ2n) is 0.769. The van der Waals surface area contributed by atoms with E-state index in [1.165, 1.54) is 0 Å². The van der Waals surface area contributed by atoms with E-state index in [1.54, 1.807) is 8.93 Å². The van der Waals surface area contributed by atoms with E-state index in [0.29, 0.717) is 6.42 Å². The molecule has 0 fully saturated rings. The second kappa shape index (κ2) is 5.75. The molecule has 6 heavy (non-hydrogen) atoms. The van der Waals surface area contributed by atoms with Gasteiger partial charge in [0, 0.05) is 12.2 Å². The van der Waals surface area contributed by atoms with E-state index in [4.69, 9.17) is 0 Å². The molecule has 0 rings (SSSR count). The zero-order valence-electron chi connectivity index (χ0n) is 3.19. The standard InChI is InChI=1S/C3H5IOS/c4-6-3-1-2-5/h2H,1,3H2. The molecule has 3 heteroatoms. The van der Waals surface area contributed by atoms with Crippen molar-refractivity contribution in [3.63, 3.8) is 0 Å². The zero-order valence-corrected chi connectivity index (χ0v) is 6.16. The van der Waals surface area contributed by atoms with Crippen LogP contribution in [0.2, 0.25) is 0 Å². The summed E-state index contributed by atoms with van der Waals surface area (Å²) < 4.78 is 0. The molecule has 0 saturated carbocycles. The lowest BCUT2D eigenvalue weighted by Crippen LogP contribution is -1.72. The Hall–Kier alpha value is 0.750. The van der Waals surface area contributed by atoms with E-state index in [0.717, 1.165) is 12.0 Å². The molecule has 0 aliphatic carbocycles. The van der Waals surface area contributed by atoms with Crippen molar-refractivity contribution < 1.29 is 4.79 Å². The Labute approximate surface area is 53.5 Å². The van der Waals surface area contributed by atoms with Crippen LogP contribution in [0, 0.1) is 0 Å². The second-order valence-corrected chi connectivity index (χ2v) is 3.26. The maximum absolute atomic E-state index is 9.55. The van der Waals surface area contributed by atoms with Gasteiger partial charge in [0.25, 0.3) is 0 Å². The molecule has 0 bridgehead atoms. The first-order chi connectivity index (χ1) is 2.91. The van der Waals surface area contributed by atoms with Crippen LogP contribution < -0.4 is 0 Å². The minimum absolute atomic E-state index is 0.688. The maximum atomic E-state index is 9.55. The number of aldehydes is 1. The topological polar surface area (TPSA) is 17.1 Å². The van der Waals surface area contributed by atoms with Crippen molar-refractivity contribution in [1.82, 2.24) is 0 Å². The Morgan fingerprint density at radius 2 is 2.50 bits per heavy atom. The summed E-state index contributed by atoms with van der Waals surface area (Å²) in [6, 6.07) is 0. The highest BCUT2D eigenvalue weighted by atomic mass is 127. The lowest BCUT2D eigenvalue weighted by Gasteiger charge is -1.77. The Morgan fingerprint density at radius 3 is 2.67 bits per heavy atom. The molecule has 0 spiro atoms. The zero-order chi connectivity index (χ0) is 4.83. The largest absolute Gasteiger partial charge is 0.303 e. The van der Waals surface area contributed by atoms with Crippen LogP contribution in [-0.2, 0) is 4.79 Å². The highest BCUT2D eigenvalue weighted by Gasteiger charge is 1.76. The van der Waals surface area contributed by atoms with Crippen LogP contribution in [0.1, 0.15) is 6.42 Å². The van der Waals surface area contributed by atoms with E-state index in [-0.39, 0.29) is 0 Å². The van der Waals surface area contributed by atoms with Crippen molar-refractivity contribution in [2.24, 2.45) is 0 Å². The first-order valence-corrected chi connectivity index (χ1v) is 5.12. The minimum atomic E-state index is 0.688. The molecule has 0 aromatic carbocycles. The van der Waals surface area contributed by atoms with Crippen LogP contribution in [-0.4, -0.2) is 12.0 Å². The third kappa shape index (κ3) is 4.75. The maximum Gasteiger partial charge on any atom is 0.120 e. The van der Waals surface area contributed by atoms with Gasteiger partial charge in [-0.1, -0.05) is 8.93 Å². The summed E-state index contributed by atoms with van der Waals surface area (Å²) in [5.74, 6) is 0.948. The number of carbonyl (C=O) groups excluding carboxylic acids is 1. The molecule has 0 atom stereocenters. The molecule has 0 saturated heterocycles. The third-order valence-electron chi connectivity index (χ3n) is 0.313. The Kier molecular flexibility index (Phi) is 6.47. The summed E-state index contributed by atoms with van der Waals surface area (Å²) in [6.07, 6.45) is 1.62. The lowest BCUT2D eigenvalue weighted by atomic mass is 10.6. The first kappa shape index (κ1) is 6.75. The van der Waals surface area contributed by atoms with Crippen molar-refractivity contribution in [3.05, 3.63) is 0 Å². The number of rotatable bonds is 3. The molecule has 0 N–H and O–H groups in total. The van der Waals surface area contributed by atoms with Crippen molar-refractivity contribution in [1.29, 1.82) is 0 Å². The Balaban J connectivity index is 2.49. The van der Waals surface area contributed by atoms with Crippen LogP contribution in [0.15, 0.2) is 0 Å². The Bertz CT molecular complexity index is 39.8.